The summed E-state index contributed by atoms with van der Waals surface area (Å²) in [5.74, 6) is -0.448. The van der Waals surface area contributed by atoms with Gasteiger partial charge in [-0.3, -0.25) is 4.98 Å². The number of aromatic nitrogens is 1. The zero-order valence-electron chi connectivity index (χ0n) is 17.0. The minimum atomic E-state index is -3.55. The van der Waals surface area contributed by atoms with Crippen LogP contribution in [-0.4, -0.2) is 37.8 Å². The van der Waals surface area contributed by atoms with E-state index in [9.17, 15) is 13.2 Å². The number of hydrogen-bond donors (Lipinski definition) is 0. The molecule has 0 atom stereocenters. The zero-order chi connectivity index (χ0) is 21.2. The first kappa shape index (κ1) is 21.0. The maximum atomic E-state index is 12.9. The molecule has 0 bridgehead atoms. The minimum absolute atomic E-state index is 0.0207. The molecule has 0 aliphatic rings. The molecule has 0 fully saturated rings. The smallest absolute Gasteiger partial charge is 0.339 e. The lowest BCUT2D eigenvalue weighted by Gasteiger charge is -2.14. The standard InChI is InChI=1S/C22H24N2O4S/c1-5-19-15(2)21(18-11-6-7-12-20(18)23-19)22(25)28-14-16-9-8-10-17(13-16)29(26,27)24(3)4/h6-13H,5,14H2,1-4H3. The van der Waals surface area contributed by atoms with Gasteiger partial charge in [-0.25, -0.2) is 17.5 Å². The van der Waals surface area contributed by atoms with Crippen molar-refractivity contribution in [3.8, 4) is 0 Å². The van der Waals surface area contributed by atoms with Crippen LogP contribution in [0, 0.1) is 6.92 Å². The highest BCUT2D eigenvalue weighted by atomic mass is 32.2. The minimum Gasteiger partial charge on any atom is -0.457 e. The van der Waals surface area contributed by atoms with Crippen molar-refractivity contribution in [1.29, 1.82) is 0 Å². The molecule has 0 saturated heterocycles. The van der Waals surface area contributed by atoms with Gasteiger partial charge in [-0.2, -0.15) is 0 Å². The van der Waals surface area contributed by atoms with Crippen LogP contribution < -0.4 is 0 Å². The fraction of sp³-hybridized carbons (Fsp3) is 0.273. The number of sulfonamides is 1. The van der Waals surface area contributed by atoms with Gasteiger partial charge in [0.05, 0.1) is 16.0 Å². The molecule has 3 aromatic rings. The van der Waals surface area contributed by atoms with Crippen LogP contribution in [0.5, 0.6) is 0 Å². The Morgan fingerprint density at radius 3 is 2.52 bits per heavy atom. The first-order valence-electron chi connectivity index (χ1n) is 9.32. The van der Waals surface area contributed by atoms with E-state index < -0.39 is 16.0 Å². The first-order valence-corrected chi connectivity index (χ1v) is 10.8. The summed E-state index contributed by atoms with van der Waals surface area (Å²) >= 11 is 0. The van der Waals surface area contributed by atoms with E-state index in [1.165, 1.54) is 26.2 Å². The molecule has 0 aliphatic carbocycles. The number of benzene rings is 2. The van der Waals surface area contributed by atoms with Crippen molar-refractivity contribution in [3.63, 3.8) is 0 Å². The molecule has 0 N–H and O–H groups in total. The van der Waals surface area contributed by atoms with Gasteiger partial charge in [0.15, 0.2) is 0 Å². The summed E-state index contributed by atoms with van der Waals surface area (Å²) in [6.07, 6.45) is 0.710. The summed E-state index contributed by atoms with van der Waals surface area (Å²) in [5.41, 5.74) is 3.52. The summed E-state index contributed by atoms with van der Waals surface area (Å²) in [6.45, 7) is 3.85. The second-order valence-corrected chi connectivity index (χ2v) is 9.09. The van der Waals surface area contributed by atoms with Crippen LogP contribution in [0.15, 0.2) is 53.4 Å². The molecular weight excluding hydrogens is 388 g/mol. The Labute approximate surface area is 171 Å². The lowest BCUT2D eigenvalue weighted by Crippen LogP contribution is -2.22. The third-order valence-electron chi connectivity index (χ3n) is 4.82. The monoisotopic (exact) mass is 412 g/mol. The highest BCUT2D eigenvalue weighted by Crippen LogP contribution is 2.25. The molecule has 7 heteroatoms. The van der Waals surface area contributed by atoms with Gasteiger partial charge in [0.1, 0.15) is 6.61 Å². The molecule has 29 heavy (non-hydrogen) atoms. The fourth-order valence-electron chi connectivity index (χ4n) is 3.19. The Hall–Kier alpha value is -2.77. The van der Waals surface area contributed by atoms with E-state index in [4.69, 9.17) is 4.74 Å². The first-order chi connectivity index (χ1) is 13.8. The normalized spacial score (nSPS) is 11.8. The maximum absolute atomic E-state index is 12.9. The van der Waals surface area contributed by atoms with Gasteiger partial charge in [0.2, 0.25) is 10.0 Å². The van der Waals surface area contributed by atoms with E-state index in [1.807, 2.05) is 38.1 Å². The Kier molecular flexibility index (Phi) is 6.00. The van der Waals surface area contributed by atoms with E-state index in [0.717, 1.165) is 26.5 Å². The molecule has 0 amide bonds. The van der Waals surface area contributed by atoms with Crippen LogP contribution in [0.25, 0.3) is 10.9 Å². The SMILES string of the molecule is CCc1nc2ccccc2c(C(=O)OCc2cccc(S(=O)(=O)N(C)C)c2)c1C. The molecule has 0 radical (unpaired) electrons. The van der Waals surface area contributed by atoms with Crippen LogP contribution in [0.2, 0.25) is 0 Å². The second-order valence-electron chi connectivity index (χ2n) is 6.94. The van der Waals surface area contributed by atoms with E-state index in [0.29, 0.717) is 17.5 Å². The Morgan fingerprint density at radius 2 is 1.83 bits per heavy atom. The number of esters is 1. The van der Waals surface area contributed by atoms with E-state index in [-0.39, 0.29) is 11.5 Å². The Bertz CT molecular complexity index is 1170. The number of ether oxygens (including phenoxy) is 1. The summed E-state index contributed by atoms with van der Waals surface area (Å²) in [6, 6.07) is 13.9. The average molecular weight is 413 g/mol. The van der Waals surface area contributed by atoms with Crippen LogP contribution in [0.1, 0.15) is 34.1 Å². The van der Waals surface area contributed by atoms with Crippen LogP contribution >= 0.6 is 0 Å². The molecule has 0 unspecified atom stereocenters. The summed E-state index contributed by atoms with van der Waals surface area (Å²) in [5, 5.41) is 0.746. The summed E-state index contributed by atoms with van der Waals surface area (Å²) in [4.78, 5) is 17.7. The highest BCUT2D eigenvalue weighted by Gasteiger charge is 2.20. The molecule has 0 aliphatic heterocycles. The van der Waals surface area contributed by atoms with Crippen LogP contribution in [-0.2, 0) is 27.8 Å². The van der Waals surface area contributed by atoms with Gasteiger partial charge in [0.25, 0.3) is 0 Å². The number of fused-ring (bicyclic) bond motifs is 1. The van der Waals surface area contributed by atoms with Crippen molar-refractivity contribution >= 4 is 26.9 Å². The Balaban J connectivity index is 1.90. The lowest BCUT2D eigenvalue weighted by atomic mass is 10.0. The topological polar surface area (TPSA) is 76.6 Å². The Morgan fingerprint density at radius 1 is 1.10 bits per heavy atom. The quantitative estimate of drug-likeness (QED) is 0.577. The maximum Gasteiger partial charge on any atom is 0.339 e. The molecule has 3 rings (SSSR count). The number of carbonyl (C=O) groups excluding carboxylic acids is 1. The predicted octanol–water partition coefficient (Wildman–Crippen LogP) is 3.71. The average Bonchev–Trinajstić information content (AvgIpc) is 2.71. The molecule has 2 aromatic carbocycles. The number of pyridine rings is 1. The largest absolute Gasteiger partial charge is 0.457 e. The highest BCUT2D eigenvalue weighted by molar-refractivity contribution is 7.89. The van der Waals surface area contributed by atoms with Crippen molar-refractivity contribution < 1.29 is 17.9 Å². The van der Waals surface area contributed by atoms with Crippen molar-refractivity contribution in [2.45, 2.75) is 31.8 Å². The number of hydrogen-bond acceptors (Lipinski definition) is 5. The summed E-state index contributed by atoms with van der Waals surface area (Å²) in [7, 11) is -0.596. The fourth-order valence-corrected chi connectivity index (χ4v) is 4.17. The molecular formula is C22H24N2O4S. The van der Waals surface area contributed by atoms with Crippen LogP contribution in [0.4, 0.5) is 0 Å². The second kappa shape index (κ2) is 8.31. The van der Waals surface area contributed by atoms with E-state index >= 15 is 0 Å². The number of para-hydroxylation sites is 1. The molecule has 6 nitrogen and oxygen atoms in total. The van der Waals surface area contributed by atoms with Gasteiger partial charge >= 0.3 is 5.97 Å². The zero-order valence-corrected chi connectivity index (χ0v) is 17.8. The van der Waals surface area contributed by atoms with E-state index in [1.54, 1.807) is 12.1 Å². The number of nitrogens with zero attached hydrogens (tertiary/aromatic N) is 2. The van der Waals surface area contributed by atoms with E-state index in [2.05, 4.69) is 4.98 Å². The van der Waals surface area contributed by atoms with Crippen molar-refractivity contribution in [2.24, 2.45) is 0 Å². The number of carbonyl (C=O) groups is 1. The third-order valence-corrected chi connectivity index (χ3v) is 6.63. The van der Waals surface area contributed by atoms with Gasteiger partial charge in [0, 0.05) is 25.2 Å². The predicted molar refractivity (Wildman–Crippen MR) is 112 cm³/mol. The molecule has 1 heterocycles. The molecule has 152 valence electrons. The third kappa shape index (κ3) is 4.16. The van der Waals surface area contributed by atoms with Crippen LogP contribution in [0.3, 0.4) is 0 Å². The summed E-state index contributed by atoms with van der Waals surface area (Å²) < 4.78 is 31.3. The number of aryl methyl sites for hydroxylation is 1. The lowest BCUT2D eigenvalue weighted by molar-refractivity contribution is 0.0474. The van der Waals surface area contributed by atoms with Gasteiger partial charge < -0.3 is 4.74 Å². The molecule has 0 saturated carbocycles. The van der Waals surface area contributed by atoms with Crippen molar-refractivity contribution in [1.82, 2.24) is 9.29 Å². The number of rotatable bonds is 6. The van der Waals surface area contributed by atoms with Gasteiger partial charge in [-0.15, -0.1) is 0 Å². The van der Waals surface area contributed by atoms with Gasteiger partial charge in [-0.1, -0.05) is 37.3 Å². The molecule has 0 spiro atoms. The van der Waals surface area contributed by atoms with Crippen molar-refractivity contribution in [3.05, 3.63) is 70.9 Å². The molecule has 1 aromatic heterocycles. The van der Waals surface area contributed by atoms with Gasteiger partial charge in [-0.05, 0) is 42.7 Å². The van der Waals surface area contributed by atoms with Crippen molar-refractivity contribution in [2.75, 3.05) is 14.1 Å².